The lowest BCUT2D eigenvalue weighted by Gasteiger charge is -2.26. The summed E-state index contributed by atoms with van der Waals surface area (Å²) in [6, 6.07) is 7.00. The van der Waals surface area contributed by atoms with E-state index in [1.54, 1.807) is 24.1 Å². The van der Waals surface area contributed by atoms with Crippen molar-refractivity contribution in [2.24, 2.45) is 0 Å². The van der Waals surface area contributed by atoms with Crippen LogP contribution >= 0.6 is 50.5 Å². The van der Waals surface area contributed by atoms with Crippen LogP contribution in [0.1, 0.15) is 28.9 Å². The number of benzene rings is 1. The van der Waals surface area contributed by atoms with Crippen LogP contribution < -0.4 is 0 Å². The van der Waals surface area contributed by atoms with E-state index in [4.69, 9.17) is 23.2 Å². The highest BCUT2D eigenvalue weighted by Gasteiger charge is 2.21. The minimum Gasteiger partial charge on any atom is -0.335 e. The molecule has 2 nitrogen and oxygen atoms in total. The van der Waals surface area contributed by atoms with Crippen LogP contribution in [-0.2, 0) is 0 Å². The van der Waals surface area contributed by atoms with Crippen molar-refractivity contribution in [2.75, 3.05) is 7.05 Å². The molecule has 0 fully saturated rings. The first-order valence-electron chi connectivity index (χ1n) is 5.86. The van der Waals surface area contributed by atoms with Gasteiger partial charge in [-0.15, -0.1) is 11.3 Å². The molecule has 0 saturated heterocycles. The molecule has 1 aromatic carbocycles. The molecule has 0 aliphatic heterocycles. The molecule has 0 spiro atoms. The number of rotatable bonds is 3. The average Bonchev–Trinajstić information content (AvgIpc) is 2.83. The molecule has 0 aliphatic rings. The standard InChI is InChI=1S/C14H12BrCl2NOS/c1-8(11-4-3-10(16)6-12(11)17)18(2)14(19)9-5-13(15)20-7-9/h3-8H,1-2H3. The van der Waals surface area contributed by atoms with Gasteiger partial charge in [-0.3, -0.25) is 4.79 Å². The summed E-state index contributed by atoms with van der Waals surface area (Å²) >= 11 is 16.9. The highest BCUT2D eigenvalue weighted by Crippen LogP contribution is 2.30. The third kappa shape index (κ3) is 3.37. The number of amides is 1. The Morgan fingerprint density at radius 2 is 2.05 bits per heavy atom. The van der Waals surface area contributed by atoms with E-state index >= 15 is 0 Å². The Bertz CT molecular complexity index is 644. The Hall–Kier alpha value is -0.550. The first-order chi connectivity index (χ1) is 9.40. The number of hydrogen-bond donors (Lipinski definition) is 0. The normalized spacial score (nSPS) is 12.2. The zero-order valence-electron chi connectivity index (χ0n) is 10.9. The van der Waals surface area contributed by atoms with Crippen molar-refractivity contribution in [3.05, 3.63) is 54.6 Å². The molecule has 0 aliphatic carbocycles. The highest BCUT2D eigenvalue weighted by atomic mass is 79.9. The molecule has 2 aromatic rings. The number of carbonyl (C=O) groups excluding carboxylic acids is 1. The number of halogens is 3. The maximum Gasteiger partial charge on any atom is 0.254 e. The molecule has 1 heterocycles. The molecule has 2 rings (SSSR count). The highest BCUT2D eigenvalue weighted by molar-refractivity contribution is 9.11. The lowest BCUT2D eigenvalue weighted by Crippen LogP contribution is -2.29. The van der Waals surface area contributed by atoms with Crippen LogP contribution in [0, 0.1) is 0 Å². The third-order valence-corrected chi connectivity index (χ3v) is 5.20. The minimum atomic E-state index is -0.133. The van der Waals surface area contributed by atoms with Crippen LogP contribution in [0.3, 0.4) is 0 Å². The van der Waals surface area contributed by atoms with Gasteiger partial charge in [0.2, 0.25) is 0 Å². The number of carbonyl (C=O) groups is 1. The summed E-state index contributed by atoms with van der Waals surface area (Å²) in [5.41, 5.74) is 1.54. The molecule has 0 N–H and O–H groups in total. The summed E-state index contributed by atoms with van der Waals surface area (Å²) in [7, 11) is 1.77. The van der Waals surface area contributed by atoms with E-state index in [2.05, 4.69) is 15.9 Å². The van der Waals surface area contributed by atoms with Gasteiger partial charge in [0.25, 0.3) is 5.91 Å². The number of nitrogens with zero attached hydrogens (tertiary/aromatic N) is 1. The summed E-state index contributed by atoms with van der Waals surface area (Å²) in [6.07, 6.45) is 0. The average molecular weight is 393 g/mol. The molecule has 1 aromatic heterocycles. The van der Waals surface area contributed by atoms with Gasteiger partial charge < -0.3 is 4.90 Å². The summed E-state index contributed by atoms with van der Waals surface area (Å²) in [5.74, 6) is -0.0366. The van der Waals surface area contributed by atoms with Gasteiger partial charge in [-0.2, -0.15) is 0 Å². The van der Waals surface area contributed by atoms with Gasteiger partial charge in [-0.25, -0.2) is 0 Å². The summed E-state index contributed by atoms with van der Waals surface area (Å²) in [6.45, 7) is 1.94. The van der Waals surface area contributed by atoms with E-state index in [-0.39, 0.29) is 11.9 Å². The van der Waals surface area contributed by atoms with Crippen molar-refractivity contribution in [2.45, 2.75) is 13.0 Å². The smallest absolute Gasteiger partial charge is 0.254 e. The van der Waals surface area contributed by atoms with Crippen LogP contribution in [0.2, 0.25) is 10.0 Å². The maximum atomic E-state index is 12.4. The molecule has 106 valence electrons. The van der Waals surface area contributed by atoms with Gasteiger partial charge in [0.05, 0.1) is 15.4 Å². The molecule has 0 bridgehead atoms. The first-order valence-corrected chi connectivity index (χ1v) is 8.29. The van der Waals surface area contributed by atoms with Gasteiger partial charge >= 0.3 is 0 Å². The Morgan fingerprint density at radius 1 is 1.35 bits per heavy atom. The predicted octanol–water partition coefficient (Wildman–Crippen LogP) is 5.65. The third-order valence-electron chi connectivity index (χ3n) is 3.13. The van der Waals surface area contributed by atoms with Crippen molar-refractivity contribution in [3.63, 3.8) is 0 Å². The molecule has 6 heteroatoms. The Kier molecular flexibility index (Phi) is 5.13. The fraction of sp³-hybridized carbons (Fsp3) is 0.214. The second-order valence-corrected chi connectivity index (χ2v) is 7.53. The lowest BCUT2D eigenvalue weighted by atomic mass is 10.1. The van der Waals surface area contributed by atoms with Gasteiger partial charge in [0.15, 0.2) is 0 Å². The molecular formula is C14H12BrCl2NOS. The quantitative estimate of drug-likeness (QED) is 0.660. The second kappa shape index (κ2) is 6.48. The largest absolute Gasteiger partial charge is 0.335 e. The fourth-order valence-electron chi connectivity index (χ4n) is 1.85. The molecule has 1 atom stereocenters. The SMILES string of the molecule is CC(c1ccc(Cl)cc1Cl)N(C)C(=O)c1csc(Br)c1. The van der Waals surface area contributed by atoms with E-state index in [0.29, 0.717) is 15.6 Å². The molecular weight excluding hydrogens is 381 g/mol. The van der Waals surface area contributed by atoms with Crippen molar-refractivity contribution in [1.29, 1.82) is 0 Å². The number of thiophene rings is 1. The van der Waals surface area contributed by atoms with Crippen molar-refractivity contribution in [1.82, 2.24) is 4.90 Å². The van der Waals surface area contributed by atoms with Crippen molar-refractivity contribution >= 4 is 56.4 Å². The van der Waals surface area contributed by atoms with Gasteiger partial charge in [-0.1, -0.05) is 29.3 Å². The summed E-state index contributed by atoms with van der Waals surface area (Å²) in [4.78, 5) is 14.1. The van der Waals surface area contributed by atoms with Crippen molar-refractivity contribution < 1.29 is 4.79 Å². The lowest BCUT2D eigenvalue weighted by molar-refractivity contribution is 0.0743. The van der Waals surface area contributed by atoms with Crippen molar-refractivity contribution in [3.8, 4) is 0 Å². The molecule has 1 amide bonds. The first kappa shape index (κ1) is 15.8. The fourth-order valence-corrected chi connectivity index (χ4v) is 3.55. The topological polar surface area (TPSA) is 20.3 Å². The van der Waals surface area contributed by atoms with E-state index in [0.717, 1.165) is 9.35 Å². The summed E-state index contributed by atoms with van der Waals surface area (Å²) in [5, 5.41) is 2.98. The monoisotopic (exact) mass is 391 g/mol. The molecule has 0 radical (unpaired) electrons. The molecule has 1 unspecified atom stereocenters. The molecule has 0 saturated carbocycles. The van der Waals surface area contributed by atoms with E-state index < -0.39 is 0 Å². The summed E-state index contributed by atoms with van der Waals surface area (Å²) < 4.78 is 0.937. The van der Waals surface area contributed by atoms with Crippen LogP contribution in [0.25, 0.3) is 0 Å². The second-order valence-electron chi connectivity index (χ2n) is 4.40. The van der Waals surface area contributed by atoms with E-state index in [9.17, 15) is 4.79 Å². The van der Waals surface area contributed by atoms with Crippen LogP contribution in [0.15, 0.2) is 33.4 Å². The van der Waals surface area contributed by atoms with E-state index in [1.807, 2.05) is 24.4 Å². The zero-order chi connectivity index (χ0) is 14.9. The van der Waals surface area contributed by atoms with Crippen LogP contribution in [-0.4, -0.2) is 17.9 Å². The Labute approximate surface area is 140 Å². The van der Waals surface area contributed by atoms with E-state index in [1.165, 1.54) is 11.3 Å². The molecule has 20 heavy (non-hydrogen) atoms. The van der Waals surface area contributed by atoms with Gasteiger partial charge in [0.1, 0.15) is 0 Å². The zero-order valence-corrected chi connectivity index (χ0v) is 14.8. The Balaban J connectivity index is 2.24. The number of hydrogen-bond acceptors (Lipinski definition) is 2. The van der Waals surface area contributed by atoms with Gasteiger partial charge in [0, 0.05) is 22.5 Å². The van der Waals surface area contributed by atoms with Gasteiger partial charge in [-0.05, 0) is 46.6 Å². The predicted molar refractivity (Wildman–Crippen MR) is 89.0 cm³/mol. The maximum absolute atomic E-state index is 12.4. The minimum absolute atomic E-state index is 0.0366. The Morgan fingerprint density at radius 3 is 2.60 bits per heavy atom. The van der Waals surface area contributed by atoms with Crippen LogP contribution in [0.4, 0.5) is 0 Å². The van der Waals surface area contributed by atoms with Crippen LogP contribution in [0.5, 0.6) is 0 Å².